The van der Waals surface area contributed by atoms with Crippen LogP contribution in [0.5, 0.6) is 0 Å². The number of carbonyl (C=O) groups is 1. The molecule has 2 heterocycles. The van der Waals surface area contributed by atoms with Crippen molar-refractivity contribution in [2.24, 2.45) is 17.3 Å². The molecule has 5 atom stereocenters. The van der Waals surface area contributed by atoms with E-state index in [1.54, 1.807) is 5.57 Å². The Balaban J connectivity index is 1.37. The van der Waals surface area contributed by atoms with E-state index in [1.165, 1.54) is 0 Å². The van der Waals surface area contributed by atoms with Crippen molar-refractivity contribution >= 4 is 5.78 Å². The maximum Gasteiger partial charge on any atom is 0.171 e. The van der Waals surface area contributed by atoms with Crippen molar-refractivity contribution in [1.82, 2.24) is 0 Å². The molecule has 4 heteroatoms. The van der Waals surface area contributed by atoms with Gasteiger partial charge in [-0.1, -0.05) is 13.0 Å². The Morgan fingerprint density at radius 3 is 2.79 bits per heavy atom. The molecule has 5 fully saturated rings. The van der Waals surface area contributed by atoms with Crippen LogP contribution in [0.2, 0.25) is 0 Å². The molecule has 0 N–H and O–H groups in total. The van der Waals surface area contributed by atoms with Crippen LogP contribution in [-0.4, -0.2) is 36.0 Å². The zero-order valence-corrected chi connectivity index (χ0v) is 14.4. The molecule has 1 unspecified atom stereocenters. The number of Topliss-reactive ketones (excluding diaryl/α,β-unsaturated/α-hetero) is 1. The molecule has 0 aromatic heterocycles. The molecule has 0 aromatic rings. The van der Waals surface area contributed by atoms with Gasteiger partial charge in [0.2, 0.25) is 0 Å². The molecular weight excluding hydrogens is 304 g/mol. The number of hydrogen-bond donors (Lipinski definition) is 0. The highest BCUT2D eigenvalue weighted by Gasteiger charge is 2.79. The minimum atomic E-state index is -0.375. The van der Waals surface area contributed by atoms with Gasteiger partial charge in [-0.05, 0) is 49.5 Å². The molecule has 4 nitrogen and oxygen atoms in total. The number of carbonyl (C=O) groups excluding carboxylic acids is 1. The third kappa shape index (κ3) is 1.47. The molecule has 2 aliphatic heterocycles. The average molecular weight is 330 g/mol. The Kier molecular flexibility index (Phi) is 2.51. The van der Waals surface area contributed by atoms with Crippen LogP contribution in [0.1, 0.15) is 58.3 Å². The fourth-order valence-corrected chi connectivity index (χ4v) is 7.11. The van der Waals surface area contributed by atoms with Crippen molar-refractivity contribution in [3.05, 3.63) is 11.6 Å². The molecule has 4 aliphatic carbocycles. The lowest BCUT2D eigenvalue weighted by atomic mass is 9.54. The lowest BCUT2D eigenvalue weighted by molar-refractivity contribution is -0.185. The van der Waals surface area contributed by atoms with Gasteiger partial charge in [0, 0.05) is 24.7 Å². The van der Waals surface area contributed by atoms with E-state index < -0.39 is 0 Å². The Bertz CT molecular complexity index is 663. The summed E-state index contributed by atoms with van der Waals surface area (Å²) in [5.41, 5.74) is 1.34. The summed E-state index contributed by atoms with van der Waals surface area (Å²) in [7, 11) is 0. The first kappa shape index (κ1) is 14.5. The molecule has 24 heavy (non-hydrogen) atoms. The van der Waals surface area contributed by atoms with Gasteiger partial charge >= 0.3 is 0 Å². The van der Waals surface area contributed by atoms with Crippen LogP contribution in [0, 0.1) is 17.3 Å². The summed E-state index contributed by atoms with van der Waals surface area (Å²) in [6, 6.07) is 0. The van der Waals surface area contributed by atoms with Gasteiger partial charge in [-0.25, -0.2) is 0 Å². The Hall–Kier alpha value is -0.710. The average Bonchev–Trinajstić information content (AvgIpc) is 2.88. The third-order valence-corrected chi connectivity index (χ3v) is 8.38. The van der Waals surface area contributed by atoms with E-state index in [0.29, 0.717) is 17.6 Å². The quantitative estimate of drug-likeness (QED) is 0.506. The summed E-state index contributed by atoms with van der Waals surface area (Å²) in [5, 5.41) is 0. The number of rotatable bonds is 0. The number of ether oxygens (including phenoxy) is 3. The molecule has 130 valence electrons. The zero-order chi connectivity index (χ0) is 16.2. The second-order valence-electron chi connectivity index (χ2n) is 9.20. The first-order valence-corrected chi connectivity index (χ1v) is 9.75. The van der Waals surface area contributed by atoms with Crippen LogP contribution in [0.4, 0.5) is 0 Å². The van der Waals surface area contributed by atoms with E-state index in [2.05, 4.69) is 13.0 Å². The fourth-order valence-electron chi connectivity index (χ4n) is 7.11. The molecule has 6 aliphatic rings. The summed E-state index contributed by atoms with van der Waals surface area (Å²) in [4.78, 5) is 12.5. The minimum absolute atomic E-state index is 0.0473. The number of hydrogen-bond acceptors (Lipinski definition) is 4. The maximum atomic E-state index is 12.5. The smallest absolute Gasteiger partial charge is 0.171 e. The van der Waals surface area contributed by atoms with Gasteiger partial charge in [-0.15, -0.1) is 0 Å². The molecule has 3 saturated carbocycles. The van der Waals surface area contributed by atoms with Crippen LogP contribution in [-0.2, 0) is 19.0 Å². The molecule has 0 amide bonds. The summed E-state index contributed by atoms with van der Waals surface area (Å²) in [6.07, 6.45) is 10.3. The number of fused-ring (bicyclic) bond motifs is 3. The molecule has 0 aromatic carbocycles. The first-order chi connectivity index (χ1) is 11.5. The SMILES string of the molecule is C[C@]12CC=C3[C@@H](CCC45CC6(CC[C@@]34O5)OCCO6)[C@@H]1CCC2=O. The normalized spacial score (nSPS) is 53.9. The lowest BCUT2D eigenvalue weighted by Crippen LogP contribution is -2.51. The second kappa shape index (κ2) is 4.16. The summed E-state index contributed by atoms with van der Waals surface area (Å²) in [6.45, 7) is 3.65. The van der Waals surface area contributed by atoms with Gasteiger partial charge in [-0.2, -0.15) is 0 Å². The number of epoxide rings is 1. The van der Waals surface area contributed by atoms with Crippen LogP contribution >= 0.6 is 0 Å². The van der Waals surface area contributed by atoms with E-state index in [-0.39, 0.29) is 22.4 Å². The van der Waals surface area contributed by atoms with E-state index in [4.69, 9.17) is 14.2 Å². The van der Waals surface area contributed by atoms with Gasteiger partial charge in [0.15, 0.2) is 5.79 Å². The van der Waals surface area contributed by atoms with E-state index >= 15 is 0 Å². The first-order valence-electron chi connectivity index (χ1n) is 9.75. The van der Waals surface area contributed by atoms with Crippen LogP contribution in [0.25, 0.3) is 0 Å². The number of ketones is 1. The zero-order valence-electron chi connectivity index (χ0n) is 14.4. The molecule has 1 spiro atoms. The third-order valence-electron chi connectivity index (χ3n) is 8.38. The predicted octanol–water partition coefficient (Wildman–Crippen LogP) is 3.15. The minimum Gasteiger partial charge on any atom is -0.358 e. The van der Waals surface area contributed by atoms with Crippen LogP contribution in [0.3, 0.4) is 0 Å². The van der Waals surface area contributed by atoms with Crippen molar-refractivity contribution in [2.75, 3.05) is 13.2 Å². The van der Waals surface area contributed by atoms with Crippen LogP contribution in [0.15, 0.2) is 11.6 Å². The molecule has 0 bridgehead atoms. The van der Waals surface area contributed by atoms with Crippen molar-refractivity contribution in [2.45, 2.75) is 75.3 Å². The monoisotopic (exact) mass is 330 g/mol. The Morgan fingerprint density at radius 2 is 1.96 bits per heavy atom. The van der Waals surface area contributed by atoms with Gasteiger partial charge < -0.3 is 14.2 Å². The summed E-state index contributed by atoms with van der Waals surface area (Å²) < 4.78 is 18.5. The highest BCUT2D eigenvalue weighted by Crippen LogP contribution is 2.73. The second-order valence-corrected chi connectivity index (χ2v) is 9.20. The standard InChI is InChI=1S/C20H26O4/c1-17-6-5-15-13(14(17)2-3-16(17)21)4-7-18-12-19(22-10-11-23-19)8-9-20(15,18)24-18/h5,13-14H,2-4,6-12H2,1H3/t13-,14-,17-,18?,20+/m0/s1. The van der Waals surface area contributed by atoms with Crippen molar-refractivity contribution in [3.63, 3.8) is 0 Å². The van der Waals surface area contributed by atoms with Gasteiger partial charge in [-0.3, -0.25) is 4.79 Å². The van der Waals surface area contributed by atoms with Crippen LogP contribution < -0.4 is 0 Å². The van der Waals surface area contributed by atoms with Crippen molar-refractivity contribution < 1.29 is 19.0 Å². The van der Waals surface area contributed by atoms with E-state index in [0.717, 1.165) is 64.6 Å². The van der Waals surface area contributed by atoms with E-state index in [1.807, 2.05) is 0 Å². The predicted molar refractivity (Wildman–Crippen MR) is 86.3 cm³/mol. The topological polar surface area (TPSA) is 48.1 Å². The van der Waals surface area contributed by atoms with Gasteiger partial charge in [0.1, 0.15) is 17.0 Å². The summed E-state index contributed by atoms with van der Waals surface area (Å²) in [5.74, 6) is 1.21. The maximum absolute atomic E-state index is 12.5. The molecule has 0 radical (unpaired) electrons. The summed E-state index contributed by atoms with van der Waals surface area (Å²) >= 11 is 0. The molecule has 6 rings (SSSR count). The highest BCUT2D eigenvalue weighted by molar-refractivity contribution is 5.87. The molecular formula is C20H26O4. The molecule has 2 saturated heterocycles. The Morgan fingerprint density at radius 1 is 1.12 bits per heavy atom. The Labute approximate surface area is 142 Å². The van der Waals surface area contributed by atoms with Gasteiger partial charge in [0.05, 0.1) is 13.2 Å². The lowest BCUT2D eigenvalue weighted by Gasteiger charge is -2.48. The van der Waals surface area contributed by atoms with Crippen molar-refractivity contribution in [1.29, 1.82) is 0 Å². The number of allylic oxidation sites excluding steroid dienone is 1. The highest BCUT2D eigenvalue weighted by atomic mass is 16.7. The van der Waals surface area contributed by atoms with Crippen molar-refractivity contribution in [3.8, 4) is 0 Å². The van der Waals surface area contributed by atoms with E-state index in [9.17, 15) is 4.79 Å². The fraction of sp³-hybridized carbons (Fsp3) is 0.850. The van der Waals surface area contributed by atoms with Gasteiger partial charge in [0.25, 0.3) is 0 Å². The largest absolute Gasteiger partial charge is 0.358 e.